The predicted octanol–water partition coefficient (Wildman–Crippen LogP) is 4.64. The summed E-state index contributed by atoms with van der Waals surface area (Å²) in [7, 11) is 1.58. The van der Waals surface area contributed by atoms with Crippen LogP contribution in [0.5, 0.6) is 11.5 Å². The van der Waals surface area contributed by atoms with Crippen molar-refractivity contribution in [3.63, 3.8) is 0 Å². The number of rotatable bonds is 7. The highest BCUT2D eigenvalue weighted by Gasteiger charge is 2.47. The first kappa shape index (κ1) is 28.7. The minimum absolute atomic E-state index is 0.0422. The van der Waals surface area contributed by atoms with Gasteiger partial charge < -0.3 is 25.2 Å². The molecule has 1 saturated heterocycles. The second-order valence-electron chi connectivity index (χ2n) is 12.2. The molecule has 0 aliphatic carbocycles. The smallest absolute Gasteiger partial charge is 0.408 e. The van der Waals surface area contributed by atoms with Crippen LogP contribution in [0.25, 0.3) is 0 Å². The molecule has 2 heterocycles. The summed E-state index contributed by atoms with van der Waals surface area (Å²) in [5.41, 5.74) is 1.71. The topological polar surface area (TPSA) is 102 Å². The first-order valence-corrected chi connectivity index (χ1v) is 13.9. The molecule has 0 aromatic heterocycles. The largest absolute Gasteiger partial charge is 0.508 e. The van der Waals surface area contributed by atoms with E-state index in [0.29, 0.717) is 30.4 Å². The van der Waals surface area contributed by atoms with Gasteiger partial charge in [0.05, 0.1) is 13.7 Å². The van der Waals surface area contributed by atoms with Gasteiger partial charge in [-0.3, -0.25) is 9.69 Å². The number of carbonyl (C=O) groups is 2. The number of phenolic OH excluding ortho intramolecular Hbond substituents is 1. The summed E-state index contributed by atoms with van der Waals surface area (Å²) in [5, 5.41) is 23.3. The maximum atomic E-state index is 13.8. The van der Waals surface area contributed by atoms with Crippen LogP contribution in [-0.2, 0) is 23.2 Å². The van der Waals surface area contributed by atoms with E-state index in [1.165, 1.54) is 4.90 Å². The predicted molar refractivity (Wildman–Crippen MR) is 151 cm³/mol. The molecule has 3 N–H and O–H groups in total. The molecule has 8 nitrogen and oxygen atoms in total. The van der Waals surface area contributed by atoms with Gasteiger partial charge in [0.15, 0.2) is 0 Å². The fourth-order valence-electron chi connectivity index (χ4n) is 6.14. The Labute approximate surface area is 232 Å². The third-order valence-electron chi connectivity index (χ3n) is 9.24. The highest BCUT2D eigenvalue weighted by atomic mass is 16.5. The van der Waals surface area contributed by atoms with Gasteiger partial charge in [0.2, 0.25) is 5.91 Å². The highest BCUT2D eigenvalue weighted by molar-refractivity contribution is 5.90. The van der Waals surface area contributed by atoms with E-state index in [0.717, 1.165) is 36.2 Å². The molecule has 39 heavy (non-hydrogen) atoms. The molecular formula is C31H43N3O5. The number of carbonyl (C=O) groups excluding carboxylic acids is 1. The van der Waals surface area contributed by atoms with Crippen molar-refractivity contribution in [1.29, 1.82) is 0 Å². The van der Waals surface area contributed by atoms with Crippen LogP contribution >= 0.6 is 0 Å². The van der Waals surface area contributed by atoms with Crippen LogP contribution in [0.2, 0.25) is 0 Å². The molecule has 0 saturated carbocycles. The van der Waals surface area contributed by atoms with Crippen LogP contribution in [-0.4, -0.2) is 70.3 Å². The lowest BCUT2D eigenvalue weighted by atomic mass is 9.68. The van der Waals surface area contributed by atoms with Crippen molar-refractivity contribution in [2.24, 2.45) is 11.8 Å². The van der Waals surface area contributed by atoms with E-state index in [9.17, 15) is 19.8 Å². The summed E-state index contributed by atoms with van der Waals surface area (Å²) in [5.74, 6) is 1.22. The molecule has 4 rings (SSSR count). The Morgan fingerprint density at radius 1 is 1.15 bits per heavy atom. The fraction of sp³-hybridized carbons (Fsp3) is 0.548. The van der Waals surface area contributed by atoms with E-state index < -0.39 is 11.6 Å². The van der Waals surface area contributed by atoms with Gasteiger partial charge in [-0.15, -0.1) is 0 Å². The highest BCUT2D eigenvalue weighted by Crippen LogP contribution is 2.40. The number of methoxy groups -OCH3 is 1. The molecule has 0 radical (unpaired) electrons. The van der Waals surface area contributed by atoms with E-state index >= 15 is 0 Å². The Hall–Kier alpha value is -3.26. The zero-order chi connectivity index (χ0) is 28.5. The van der Waals surface area contributed by atoms with Crippen LogP contribution in [0.15, 0.2) is 42.5 Å². The van der Waals surface area contributed by atoms with Gasteiger partial charge in [0.1, 0.15) is 17.0 Å². The average Bonchev–Trinajstić information content (AvgIpc) is 2.89. The lowest BCUT2D eigenvalue weighted by Crippen LogP contribution is -2.64. The number of nitrogens with one attached hydrogen (secondary N) is 1. The number of aromatic hydroxyl groups is 1. The zero-order valence-corrected chi connectivity index (χ0v) is 24.0. The Balaban J connectivity index is 1.48. The van der Waals surface area contributed by atoms with Crippen LogP contribution < -0.4 is 10.1 Å². The Morgan fingerprint density at radius 3 is 2.51 bits per heavy atom. The van der Waals surface area contributed by atoms with Gasteiger partial charge in [-0.05, 0) is 78.1 Å². The molecule has 2 amide bonds. The number of hydrogen-bond acceptors (Lipinski definition) is 5. The number of likely N-dealkylation sites (tertiary alicyclic amines) is 1. The Bertz CT molecular complexity index is 1220. The normalized spacial score (nSPS) is 26.1. The fourth-order valence-corrected chi connectivity index (χ4v) is 6.14. The van der Waals surface area contributed by atoms with E-state index in [1.807, 2.05) is 30.3 Å². The minimum atomic E-state index is -1.22. The molecule has 2 aromatic carbocycles. The quantitative estimate of drug-likeness (QED) is 0.476. The van der Waals surface area contributed by atoms with Crippen LogP contribution in [0, 0.1) is 11.8 Å². The maximum absolute atomic E-state index is 13.8. The van der Waals surface area contributed by atoms with Crippen molar-refractivity contribution >= 4 is 12.0 Å². The first-order chi connectivity index (χ1) is 18.4. The van der Waals surface area contributed by atoms with Crippen LogP contribution in [0.4, 0.5) is 4.79 Å². The number of nitrogens with zero attached hydrogens (tertiary/aromatic N) is 2. The number of amides is 2. The molecule has 0 spiro atoms. The molecule has 8 heteroatoms. The summed E-state index contributed by atoms with van der Waals surface area (Å²) in [4.78, 5) is 29.8. The lowest BCUT2D eigenvalue weighted by molar-refractivity contribution is -0.133. The van der Waals surface area contributed by atoms with Crippen LogP contribution in [0.3, 0.4) is 0 Å². The molecule has 1 fully saturated rings. The van der Waals surface area contributed by atoms with Crippen molar-refractivity contribution in [3.8, 4) is 11.5 Å². The standard InChI is InChI=1S/C31H43N3O5/c1-20(2)27(19-33-13-12-30(4,21(3)17-33)24-8-7-9-25(35)15-24)32-28(36)31(5)16-22-10-11-26(39-6)14-23(22)18-34(31)29(37)38/h7-11,14-15,20-21,27,35H,12-13,16-19H2,1-6H3,(H,32,36)(H,37,38)/t21-,27+,30+,31+/m0/s1. The van der Waals surface area contributed by atoms with Crippen LogP contribution in [0.1, 0.15) is 57.7 Å². The van der Waals surface area contributed by atoms with Crippen molar-refractivity contribution < 1.29 is 24.5 Å². The van der Waals surface area contributed by atoms with Gasteiger partial charge in [-0.2, -0.15) is 0 Å². The number of carboxylic acid groups (broad SMARTS) is 1. The Kier molecular flexibility index (Phi) is 8.17. The second-order valence-corrected chi connectivity index (χ2v) is 12.2. The van der Waals surface area contributed by atoms with E-state index in [-0.39, 0.29) is 29.8 Å². The maximum Gasteiger partial charge on any atom is 0.408 e. The third-order valence-corrected chi connectivity index (χ3v) is 9.24. The van der Waals surface area contributed by atoms with Gasteiger partial charge in [0.25, 0.3) is 0 Å². The molecule has 2 aromatic rings. The van der Waals surface area contributed by atoms with Crippen molar-refractivity contribution in [2.45, 2.75) is 71.0 Å². The molecule has 2 aliphatic heterocycles. The number of benzene rings is 2. The summed E-state index contributed by atoms with van der Waals surface area (Å²) >= 11 is 0. The van der Waals surface area contributed by atoms with E-state index in [4.69, 9.17) is 4.74 Å². The van der Waals surface area contributed by atoms with E-state index in [2.05, 4.69) is 44.0 Å². The van der Waals surface area contributed by atoms with E-state index in [1.54, 1.807) is 20.1 Å². The number of piperidine rings is 1. The molecule has 212 valence electrons. The molecular weight excluding hydrogens is 494 g/mol. The summed E-state index contributed by atoms with van der Waals surface area (Å²) in [6.07, 6.45) is 0.137. The van der Waals surface area contributed by atoms with Crippen molar-refractivity contribution in [3.05, 3.63) is 59.2 Å². The lowest BCUT2D eigenvalue weighted by Gasteiger charge is -2.47. The second kappa shape index (κ2) is 11.1. The molecule has 0 unspecified atom stereocenters. The molecule has 2 aliphatic rings. The number of ether oxygens (including phenoxy) is 1. The number of hydrogen-bond donors (Lipinski definition) is 3. The summed E-state index contributed by atoms with van der Waals surface area (Å²) in [6, 6.07) is 13.1. The Morgan fingerprint density at radius 2 is 1.90 bits per heavy atom. The van der Waals surface area contributed by atoms with Crippen molar-refractivity contribution in [1.82, 2.24) is 15.1 Å². The third kappa shape index (κ3) is 5.71. The number of fused-ring (bicyclic) bond motifs is 1. The summed E-state index contributed by atoms with van der Waals surface area (Å²) in [6.45, 7) is 13.0. The van der Waals surface area contributed by atoms with Gasteiger partial charge >= 0.3 is 6.09 Å². The number of phenols is 1. The van der Waals surface area contributed by atoms with Gasteiger partial charge in [0, 0.05) is 25.6 Å². The van der Waals surface area contributed by atoms with Gasteiger partial charge in [-0.1, -0.05) is 45.9 Å². The molecule has 4 atom stereocenters. The average molecular weight is 538 g/mol. The minimum Gasteiger partial charge on any atom is -0.508 e. The zero-order valence-electron chi connectivity index (χ0n) is 24.0. The SMILES string of the molecule is COc1ccc2c(c1)CN(C(=O)O)[C@@](C)(C(=O)N[C@H](CN1CC[C@@](C)(c3cccc(O)c3)[C@@H](C)C1)C(C)C)C2. The molecule has 0 bridgehead atoms. The van der Waals surface area contributed by atoms with Crippen molar-refractivity contribution in [2.75, 3.05) is 26.7 Å². The first-order valence-electron chi connectivity index (χ1n) is 13.9. The van der Waals surface area contributed by atoms with Gasteiger partial charge in [-0.25, -0.2) is 4.79 Å². The monoisotopic (exact) mass is 537 g/mol. The summed E-state index contributed by atoms with van der Waals surface area (Å²) < 4.78 is 5.32.